The van der Waals surface area contributed by atoms with Gasteiger partial charge in [0.2, 0.25) is 0 Å². The fourth-order valence-corrected chi connectivity index (χ4v) is 4.44. The summed E-state index contributed by atoms with van der Waals surface area (Å²) < 4.78 is 11.6. The van der Waals surface area contributed by atoms with Gasteiger partial charge in [0.1, 0.15) is 0 Å². The molecule has 128 valence electrons. The summed E-state index contributed by atoms with van der Waals surface area (Å²) in [5.41, 5.74) is 2.39. The number of pyridine rings is 1. The summed E-state index contributed by atoms with van der Waals surface area (Å²) in [7, 11) is 1.81. The van der Waals surface area contributed by atoms with Crippen LogP contribution in [0.15, 0.2) is 36.4 Å². The van der Waals surface area contributed by atoms with Crippen LogP contribution in [0.25, 0.3) is 10.9 Å². The maximum Gasteiger partial charge on any atom is 0.0705 e. The molecule has 2 aliphatic heterocycles. The van der Waals surface area contributed by atoms with Gasteiger partial charge in [-0.2, -0.15) is 0 Å². The van der Waals surface area contributed by atoms with E-state index in [1.165, 1.54) is 11.8 Å². The summed E-state index contributed by atoms with van der Waals surface area (Å²) >= 11 is 0. The van der Waals surface area contributed by atoms with Crippen molar-refractivity contribution in [2.45, 2.75) is 31.9 Å². The van der Waals surface area contributed by atoms with Crippen molar-refractivity contribution in [3.05, 3.63) is 42.1 Å². The lowest BCUT2D eigenvalue weighted by Crippen LogP contribution is -2.56. The Morgan fingerprint density at radius 1 is 1.29 bits per heavy atom. The molecule has 2 aromatic rings. The monoisotopic (exact) mass is 326 g/mol. The Kier molecular flexibility index (Phi) is 4.53. The first kappa shape index (κ1) is 16.0. The second-order valence-corrected chi connectivity index (χ2v) is 7.25. The average Bonchev–Trinajstić information content (AvgIpc) is 2.61. The molecule has 0 unspecified atom stereocenters. The molecule has 0 spiro atoms. The van der Waals surface area contributed by atoms with Crippen molar-refractivity contribution >= 4 is 10.9 Å². The third kappa shape index (κ3) is 3.06. The number of hydrogen-bond acceptors (Lipinski definition) is 4. The van der Waals surface area contributed by atoms with E-state index in [1.807, 2.05) is 7.11 Å². The van der Waals surface area contributed by atoms with Gasteiger partial charge in [0.25, 0.3) is 0 Å². The van der Waals surface area contributed by atoms with E-state index < -0.39 is 0 Å². The molecule has 4 rings (SSSR count). The highest BCUT2D eigenvalue weighted by Gasteiger charge is 2.45. The lowest BCUT2D eigenvalue weighted by atomic mass is 9.73. The molecule has 1 aromatic carbocycles. The third-order valence-corrected chi connectivity index (χ3v) is 5.54. The quantitative estimate of drug-likeness (QED) is 0.864. The molecule has 4 nitrogen and oxygen atoms in total. The Balaban J connectivity index is 1.51. The molecule has 2 atom stereocenters. The van der Waals surface area contributed by atoms with Crippen LogP contribution < -0.4 is 0 Å². The normalized spacial score (nSPS) is 28.0. The van der Waals surface area contributed by atoms with Gasteiger partial charge < -0.3 is 9.47 Å². The minimum absolute atomic E-state index is 0.155. The number of para-hydroxylation sites is 1. The molecule has 0 amide bonds. The predicted molar refractivity (Wildman–Crippen MR) is 94.9 cm³/mol. The zero-order valence-corrected chi connectivity index (χ0v) is 14.4. The lowest BCUT2D eigenvalue weighted by molar-refractivity contribution is -0.149. The minimum Gasteiger partial charge on any atom is -0.384 e. The third-order valence-electron chi connectivity index (χ3n) is 5.54. The standard InChI is InChI=1S/C20H26N2O2/c1-23-15-20-10-4-12-24-19(20)9-11-22(14-20)13-17-8-7-16-5-2-3-6-18(16)21-17/h2-3,5-8,19H,4,9-15H2,1H3/t19-,20-/m0/s1. The van der Waals surface area contributed by atoms with Crippen molar-refractivity contribution in [1.29, 1.82) is 0 Å². The summed E-state index contributed by atoms with van der Waals surface area (Å²) in [6.45, 7) is 4.72. The van der Waals surface area contributed by atoms with Crippen LogP contribution >= 0.6 is 0 Å². The first-order chi connectivity index (χ1) is 11.8. The van der Waals surface area contributed by atoms with Crippen molar-refractivity contribution in [2.24, 2.45) is 5.41 Å². The number of likely N-dealkylation sites (tertiary alicyclic amines) is 1. The van der Waals surface area contributed by atoms with Gasteiger partial charge in [-0.15, -0.1) is 0 Å². The fourth-order valence-electron chi connectivity index (χ4n) is 4.44. The van der Waals surface area contributed by atoms with Gasteiger partial charge in [-0.25, -0.2) is 0 Å². The molecule has 4 heteroatoms. The van der Waals surface area contributed by atoms with Crippen LogP contribution in [0, 0.1) is 5.41 Å². The van der Waals surface area contributed by atoms with Crippen molar-refractivity contribution in [3.63, 3.8) is 0 Å². The second kappa shape index (κ2) is 6.79. The molecule has 0 radical (unpaired) electrons. The molecule has 2 saturated heterocycles. The molecule has 0 saturated carbocycles. The highest BCUT2D eigenvalue weighted by molar-refractivity contribution is 5.78. The molecule has 0 bridgehead atoms. The van der Waals surface area contributed by atoms with E-state index in [0.717, 1.165) is 56.9 Å². The van der Waals surface area contributed by atoms with Crippen molar-refractivity contribution in [1.82, 2.24) is 9.88 Å². The largest absolute Gasteiger partial charge is 0.384 e. The predicted octanol–water partition coefficient (Wildman–Crippen LogP) is 3.25. The summed E-state index contributed by atoms with van der Waals surface area (Å²) in [6, 6.07) is 12.7. The Bertz CT molecular complexity index is 701. The number of methoxy groups -OCH3 is 1. The summed E-state index contributed by atoms with van der Waals surface area (Å²) in [5, 5.41) is 1.21. The van der Waals surface area contributed by atoms with Crippen molar-refractivity contribution in [2.75, 3.05) is 33.4 Å². The van der Waals surface area contributed by atoms with Crippen LogP contribution in [0.5, 0.6) is 0 Å². The maximum atomic E-state index is 6.07. The molecule has 0 N–H and O–H groups in total. The summed E-state index contributed by atoms with van der Waals surface area (Å²) in [5.74, 6) is 0. The number of hydrogen-bond donors (Lipinski definition) is 0. The number of fused-ring (bicyclic) bond motifs is 2. The van der Waals surface area contributed by atoms with Crippen LogP contribution in [-0.2, 0) is 16.0 Å². The average molecular weight is 326 g/mol. The van der Waals surface area contributed by atoms with Gasteiger partial charge in [0, 0.05) is 44.2 Å². The zero-order chi connectivity index (χ0) is 16.4. The van der Waals surface area contributed by atoms with Crippen LogP contribution in [0.3, 0.4) is 0 Å². The first-order valence-electron chi connectivity index (χ1n) is 8.97. The van der Waals surface area contributed by atoms with Gasteiger partial charge >= 0.3 is 0 Å². The number of ether oxygens (including phenoxy) is 2. The number of aromatic nitrogens is 1. The van der Waals surface area contributed by atoms with Gasteiger partial charge in [-0.05, 0) is 31.4 Å². The van der Waals surface area contributed by atoms with E-state index in [-0.39, 0.29) is 5.41 Å². The second-order valence-electron chi connectivity index (χ2n) is 7.25. The Morgan fingerprint density at radius 3 is 3.12 bits per heavy atom. The van der Waals surface area contributed by atoms with Crippen LogP contribution in [0.2, 0.25) is 0 Å². The highest BCUT2D eigenvalue weighted by Crippen LogP contribution is 2.40. The van der Waals surface area contributed by atoms with Gasteiger partial charge in [0.05, 0.1) is 23.9 Å². The zero-order valence-electron chi connectivity index (χ0n) is 14.4. The van der Waals surface area contributed by atoms with Gasteiger partial charge in [-0.1, -0.05) is 24.3 Å². The summed E-state index contributed by atoms with van der Waals surface area (Å²) in [6.07, 6.45) is 3.79. The summed E-state index contributed by atoms with van der Waals surface area (Å²) in [4.78, 5) is 7.37. The van der Waals surface area contributed by atoms with Gasteiger partial charge in [-0.3, -0.25) is 9.88 Å². The molecular weight excluding hydrogens is 300 g/mol. The van der Waals surface area contributed by atoms with Crippen molar-refractivity contribution < 1.29 is 9.47 Å². The molecule has 24 heavy (non-hydrogen) atoms. The maximum absolute atomic E-state index is 6.07. The Labute approximate surface area is 143 Å². The van der Waals surface area contributed by atoms with Crippen LogP contribution in [0.1, 0.15) is 25.0 Å². The highest BCUT2D eigenvalue weighted by atomic mass is 16.5. The number of nitrogens with zero attached hydrogens (tertiary/aromatic N) is 2. The van der Waals surface area contributed by atoms with Gasteiger partial charge in [0.15, 0.2) is 0 Å². The van der Waals surface area contributed by atoms with E-state index in [2.05, 4.69) is 41.3 Å². The molecule has 2 aliphatic rings. The molecule has 3 heterocycles. The Morgan fingerprint density at radius 2 is 2.21 bits per heavy atom. The van der Waals surface area contributed by atoms with Crippen molar-refractivity contribution in [3.8, 4) is 0 Å². The van der Waals surface area contributed by atoms with E-state index in [0.29, 0.717) is 6.10 Å². The van der Waals surface area contributed by atoms with E-state index in [9.17, 15) is 0 Å². The fraction of sp³-hybridized carbons (Fsp3) is 0.550. The first-order valence-corrected chi connectivity index (χ1v) is 8.97. The Hall–Kier alpha value is -1.49. The molecule has 0 aliphatic carbocycles. The molecule has 1 aromatic heterocycles. The number of piperidine rings is 1. The van der Waals surface area contributed by atoms with E-state index in [4.69, 9.17) is 14.5 Å². The van der Waals surface area contributed by atoms with Crippen LogP contribution in [0.4, 0.5) is 0 Å². The lowest BCUT2D eigenvalue weighted by Gasteiger charge is -2.50. The molecule has 2 fully saturated rings. The van der Waals surface area contributed by atoms with Crippen LogP contribution in [-0.4, -0.2) is 49.4 Å². The number of benzene rings is 1. The van der Waals surface area contributed by atoms with E-state index in [1.54, 1.807) is 0 Å². The van der Waals surface area contributed by atoms with E-state index >= 15 is 0 Å². The smallest absolute Gasteiger partial charge is 0.0705 e. The topological polar surface area (TPSA) is 34.6 Å². The number of rotatable bonds is 4. The molecular formula is C20H26N2O2. The SMILES string of the molecule is COC[C@@]12CCCO[C@H]1CCN(Cc1ccc3ccccc3n1)C2. The minimum atomic E-state index is 0.155.